The third-order valence-electron chi connectivity index (χ3n) is 5.33. The number of ether oxygens (including phenoxy) is 2. The molecule has 1 atom stereocenters. The Hall–Kier alpha value is -2.58. The van der Waals surface area contributed by atoms with E-state index in [1.54, 1.807) is 28.6 Å². The molecule has 2 aliphatic rings. The molecule has 2 heterocycles. The summed E-state index contributed by atoms with van der Waals surface area (Å²) in [6.07, 6.45) is 2.65. The summed E-state index contributed by atoms with van der Waals surface area (Å²) in [4.78, 5) is 12.4. The van der Waals surface area contributed by atoms with Gasteiger partial charge in [0.2, 0.25) is 10.0 Å². The van der Waals surface area contributed by atoms with Gasteiger partial charge in [-0.1, -0.05) is 30.7 Å². The Bertz CT molecular complexity index is 985. The number of benzene rings is 2. The number of amides is 1. The van der Waals surface area contributed by atoms with Crippen LogP contribution in [0.3, 0.4) is 0 Å². The third-order valence-corrected chi connectivity index (χ3v) is 7.18. The topological polar surface area (TPSA) is 84.9 Å². The van der Waals surface area contributed by atoms with E-state index in [-0.39, 0.29) is 17.8 Å². The van der Waals surface area contributed by atoms with Crippen molar-refractivity contribution < 1.29 is 22.7 Å². The van der Waals surface area contributed by atoms with Gasteiger partial charge in [-0.25, -0.2) is 12.7 Å². The molecule has 0 saturated carbocycles. The lowest BCUT2D eigenvalue weighted by Crippen LogP contribution is -2.40. The maximum absolute atomic E-state index is 12.6. The molecule has 7 nitrogen and oxygen atoms in total. The second-order valence-corrected chi connectivity index (χ2v) is 9.59. The highest BCUT2D eigenvalue weighted by Gasteiger charge is 2.24. The molecule has 0 bridgehead atoms. The summed E-state index contributed by atoms with van der Waals surface area (Å²) in [5, 5.41) is 2.85. The monoisotopic (exact) mass is 430 g/mol. The Balaban J connectivity index is 1.30. The van der Waals surface area contributed by atoms with Crippen LogP contribution in [0.25, 0.3) is 0 Å². The first-order valence-corrected chi connectivity index (χ1v) is 11.9. The predicted molar refractivity (Wildman–Crippen MR) is 113 cm³/mol. The van der Waals surface area contributed by atoms with Crippen LogP contribution in [0.5, 0.6) is 11.5 Å². The molecule has 2 aromatic rings. The molecule has 4 rings (SSSR count). The second-order valence-electron chi connectivity index (χ2n) is 7.62. The minimum Gasteiger partial charge on any atom is -0.486 e. The van der Waals surface area contributed by atoms with Crippen molar-refractivity contribution in [3.05, 3.63) is 59.7 Å². The number of carbonyl (C=O) groups excluding carboxylic acids is 1. The maximum atomic E-state index is 12.6. The van der Waals surface area contributed by atoms with Gasteiger partial charge in [-0.3, -0.25) is 4.79 Å². The Kier molecular flexibility index (Phi) is 6.24. The van der Waals surface area contributed by atoms with Crippen molar-refractivity contribution in [1.29, 1.82) is 0 Å². The molecule has 160 valence electrons. The van der Waals surface area contributed by atoms with Gasteiger partial charge in [-0.2, -0.15) is 0 Å². The molecule has 1 N–H and O–H groups in total. The van der Waals surface area contributed by atoms with Crippen LogP contribution in [0.15, 0.2) is 48.5 Å². The zero-order valence-electron chi connectivity index (χ0n) is 16.7. The highest BCUT2D eigenvalue weighted by atomic mass is 32.2. The summed E-state index contributed by atoms with van der Waals surface area (Å²) in [6, 6.07) is 14.1. The molecule has 0 radical (unpaired) electrons. The molecule has 0 aromatic heterocycles. The molecule has 30 heavy (non-hydrogen) atoms. The van der Waals surface area contributed by atoms with Crippen molar-refractivity contribution in [3.8, 4) is 11.5 Å². The fourth-order valence-electron chi connectivity index (χ4n) is 3.67. The molecule has 1 amide bonds. The minimum absolute atomic E-state index is 0.0401. The minimum atomic E-state index is -3.32. The molecule has 2 aliphatic heterocycles. The smallest absolute Gasteiger partial charge is 0.251 e. The molecular weight excluding hydrogens is 404 g/mol. The first-order chi connectivity index (χ1) is 14.5. The van der Waals surface area contributed by atoms with E-state index in [1.165, 1.54) is 0 Å². The van der Waals surface area contributed by atoms with E-state index < -0.39 is 10.0 Å². The van der Waals surface area contributed by atoms with Gasteiger partial charge in [0.15, 0.2) is 11.5 Å². The van der Waals surface area contributed by atoms with Crippen LogP contribution in [0.4, 0.5) is 0 Å². The number of nitrogens with one attached hydrogen (secondary N) is 1. The van der Waals surface area contributed by atoms with Crippen molar-refractivity contribution >= 4 is 15.9 Å². The number of hydrogen-bond donors (Lipinski definition) is 1. The van der Waals surface area contributed by atoms with Crippen LogP contribution in [-0.2, 0) is 15.8 Å². The SMILES string of the molecule is O=C(NC[C@@H]1COc2ccccc2O1)c1ccc(CS(=O)(=O)N2CCCCC2)cc1. The molecule has 8 heteroatoms. The van der Waals surface area contributed by atoms with Crippen molar-refractivity contribution in [1.82, 2.24) is 9.62 Å². The van der Waals surface area contributed by atoms with E-state index in [1.807, 2.05) is 24.3 Å². The lowest BCUT2D eigenvalue weighted by atomic mass is 10.1. The fraction of sp³-hybridized carbons (Fsp3) is 0.409. The summed E-state index contributed by atoms with van der Waals surface area (Å²) < 4.78 is 38.2. The number of nitrogens with zero attached hydrogens (tertiary/aromatic N) is 1. The molecule has 0 unspecified atom stereocenters. The normalized spacial score (nSPS) is 19.3. The molecule has 1 fully saturated rings. The summed E-state index contributed by atoms with van der Waals surface area (Å²) in [5.41, 5.74) is 1.16. The van der Waals surface area contributed by atoms with Gasteiger partial charge in [0, 0.05) is 18.7 Å². The van der Waals surface area contributed by atoms with Gasteiger partial charge in [-0.15, -0.1) is 0 Å². The first-order valence-electron chi connectivity index (χ1n) is 10.2. The maximum Gasteiger partial charge on any atom is 0.251 e. The number of fused-ring (bicyclic) bond motifs is 1. The van der Waals surface area contributed by atoms with Gasteiger partial charge < -0.3 is 14.8 Å². The van der Waals surface area contributed by atoms with Gasteiger partial charge in [-0.05, 0) is 42.7 Å². The van der Waals surface area contributed by atoms with Gasteiger partial charge in [0.25, 0.3) is 5.91 Å². The standard InChI is InChI=1S/C22H26N2O5S/c25-22(23-14-19-15-28-20-6-2-3-7-21(20)29-19)18-10-8-17(9-11-18)16-30(26,27)24-12-4-1-5-13-24/h2-3,6-11,19H,1,4-5,12-16H2,(H,23,25)/t19-/m1/s1. The second kappa shape index (κ2) is 9.06. The van der Waals surface area contributed by atoms with Crippen LogP contribution in [0, 0.1) is 0 Å². The van der Waals surface area contributed by atoms with Gasteiger partial charge >= 0.3 is 0 Å². The number of carbonyl (C=O) groups is 1. The van der Waals surface area contributed by atoms with Crippen LogP contribution in [0.2, 0.25) is 0 Å². The zero-order valence-corrected chi connectivity index (χ0v) is 17.6. The van der Waals surface area contributed by atoms with E-state index in [4.69, 9.17) is 9.47 Å². The summed E-state index contributed by atoms with van der Waals surface area (Å²) >= 11 is 0. The highest BCUT2D eigenvalue weighted by molar-refractivity contribution is 7.88. The molecular formula is C22H26N2O5S. The molecule has 0 aliphatic carbocycles. The number of para-hydroxylation sites is 2. The number of piperidine rings is 1. The van der Waals surface area contributed by atoms with E-state index in [2.05, 4.69) is 5.32 Å². The van der Waals surface area contributed by atoms with Crippen LogP contribution in [0.1, 0.15) is 35.2 Å². The van der Waals surface area contributed by atoms with Crippen LogP contribution in [-0.4, -0.2) is 51.0 Å². The van der Waals surface area contributed by atoms with Crippen molar-refractivity contribution in [3.63, 3.8) is 0 Å². The summed E-state index contributed by atoms with van der Waals surface area (Å²) in [6.45, 7) is 1.88. The molecule has 0 spiro atoms. The van der Waals surface area contributed by atoms with Crippen LogP contribution >= 0.6 is 0 Å². The fourth-order valence-corrected chi connectivity index (χ4v) is 5.28. The van der Waals surface area contributed by atoms with E-state index >= 15 is 0 Å². The van der Waals surface area contributed by atoms with Crippen molar-refractivity contribution in [2.75, 3.05) is 26.2 Å². The van der Waals surface area contributed by atoms with Gasteiger partial charge in [0.05, 0.1) is 12.3 Å². The van der Waals surface area contributed by atoms with Gasteiger partial charge in [0.1, 0.15) is 12.7 Å². The number of sulfonamides is 1. The lowest BCUT2D eigenvalue weighted by molar-refractivity contribution is 0.0789. The van der Waals surface area contributed by atoms with Crippen LogP contribution < -0.4 is 14.8 Å². The molecule has 2 aromatic carbocycles. The quantitative estimate of drug-likeness (QED) is 0.761. The Morgan fingerprint density at radius 2 is 1.70 bits per heavy atom. The summed E-state index contributed by atoms with van der Waals surface area (Å²) in [5.74, 6) is 1.10. The molecule has 1 saturated heterocycles. The lowest BCUT2D eigenvalue weighted by Gasteiger charge is -2.26. The Morgan fingerprint density at radius 3 is 2.43 bits per heavy atom. The highest BCUT2D eigenvalue weighted by Crippen LogP contribution is 2.30. The van der Waals surface area contributed by atoms with Crippen molar-refractivity contribution in [2.24, 2.45) is 0 Å². The van der Waals surface area contributed by atoms with E-state index in [9.17, 15) is 13.2 Å². The van der Waals surface area contributed by atoms with E-state index in [0.29, 0.717) is 48.9 Å². The van der Waals surface area contributed by atoms with Crippen molar-refractivity contribution in [2.45, 2.75) is 31.1 Å². The summed E-state index contributed by atoms with van der Waals surface area (Å²) in [7, 11) is -3.32. The third kappa shape index (κ3) is 4.94. The van der Waals surface area contributed by atoms with E-state index in [0.717, 1.165) is 19.3 Å². The number of hydrogen-bond acceptors (Lipinski definition) is 5. The Labute approximate surface area is 177 Å². The number of rotatable bonds is 6. The predicted octanol–water partition coefficient (Wildman–Crippen LogP) is 2.57. The average Bonchev–Trinajstić information content (AvgIpc) is 2.78. The average molecular weight is 431 g/mol. The largest absolute Gasteiger partial charge is 0.486 e. The zero-order chi connectivity index (χ0) is 21.0. The first kappa shape index (κ1) is 20.7. The Morgan fingerprint density at radius 1 is 1.00 bits per heavy atom.